The molecule has 1 heterocycles. The first-order chi connectivity index (χ1) is 10.7. The summed E-state index contributed by atoms with van der Waals surface area (Å²) in [4.78, 5) is 14.6. The van der Waals surface area contributed by atoms with Gasteiger partial charge in [-0.3, -0.25) is 4.79 Å². The van der Waals surface area contributed by atoms with Crippen molar-refractivity contribution in [3.05, 3.63) is 35.6 Å². The second-order valence-electron chi connectivity index (χ2n) is 6.61. The summed E-state index contributed by atoms with van der Waals surface area (Å²) in [6.07, 6.45) is 6.26. The number of rotatable bonds is 6. The van der Waals surface area contributed by atoms with Gasteiger partial charge in [-0.25, -0.2) is 4.39 Å². The van der Waals surface area contributed by atoms with Crippen LogP contribution in [0.2, 0.25) is 0 Å². The first-order valence-corrected chi connectivity index (χ1v) is 8.47. The lowest BCUT2D eigenvalue weighted by molar-refractivity contribution is -0.132. The number of halogens is 2. The van der Waals surface area contributed by atoms with E-state index in [1.807, 2.05) is 4.90 Å². The van der Waals surface area contributed by atoms with Crippen LogP contribution in [0, 0.1) is 11.7 Å². The fourth-order valence-electron chi connectivity index (χ4n) is 3.24. The number of amides is 1. The summed E-state index contributed by atoms with van der Waals surface area (Å²) >= 11 is 0. The molecule has 0 radical (unpaired) electrons. The van der Waals surface area contributed by atoms with Crippen molar-refractivity contribution in [2.45, 2.75) is 51.1 Å². The van der Waals surface area contributed by atoms with Crippen LogP contribution in [0.5, 0.6) is 0 Å². The lowest BCUT2D eigenvalue weighted by Crippen LogP contribution is -2.33. The Kier molecular flexibility index (Phi) is 6.85. The third kappa shape index (κ3) is 5.47. The van der Waals surface area contributed by atoms with Crippen molar-refractivity contribution < 1.29 is 9.18 Å². The largest absolute Gasteiger partial charge is 0.335 e. The van der Waals surface area contributed by atoms with Crippen molar-refractivity contribution in [1.29, 1.82) is 0 Å². The van der Waals surface area contributed by atoms with Gasteiger partial charge in [-0.2, -0.15) is 0 Å². The maximum atomic E-state index is 13.0. The predicted octanol–water partition coefficient (Wildman–Crippen LogP) is 3.52. The van der Waals surface area contributed by atoms with E-state index in [2.05, 4.69) is 5.32 Å². The molecular formula is C18H26ClFN2O. The Balaban J connectivity index is 0.00000192. The molecule has 1 saturated carbocycles. The van der Waals surface area contributed by atoms with Crippen LogP contribution < -0.4 is 5.32 Å². The van der Waals surface area contributed by atoms with Crippen LogP contribution in [-0.2, 0) is 11.3 Å². The number of piperidine rings is 1. The highest BCUT2D eigenvalue weighted by Crippen LogP contribution is 2.30. The molecule has 3 rings (SSSR count). The Bertz CT molecular complexity index is 498. The molecule has 1 aromatic carbocycles. The Hall–Kier alpha value is -1.13. The summed E-state index contributed by atoms with van der Waals surface area (Å²) in [7, 11) is 0. The predicted molar refractivity (Wildman–Crippen MR) is 92.0 cm³/mol. The van der Waals surface area contributed by atoms with Crippen LogP contribution in [0.4, 0.5) is 4.39 Å². The summed E-state index contributed by atoms with van der Waals surface area (Å²) < 4.78 is 13.0. The second-order valence-corrected chi connectivity index (χ2v) is 6.61. The van der Waals surface area contributed by atoms with E-state index in [1.165, 1.54) is 25.0 Å². The Morgan fingerprint density at radius 1 is 1.13 bits per heavy atom. The summed E-state index contributed by atoms with van der Waals surface area (Å²) in [6.45, 7) is 2.79. The van der Waals surface area contributed by atoms with Gasteiger partial charge >= 0.3 is 0 Å². The third-order valence-corrected chi connectivity index (χ3v) is 4.80. The Morgan fingerprint density at radius 3 is 2.39 bits per heavy atom. The minimum atomic E-state index is -0.223. The first kappa shape index (κ1) is 18.2. The molecule has 0 atom stereocenters. The van der Waals surface area contributed by atoms with Gasteiger partial charge in [-0.1, -0.05) is 12.1 Å². The van der Waals surface area contributed by atoms with Crippen LogP contribution in [0.25, 0.3) is 0 Å². The smallest absolute Gasteiger partial charge is 0.223 e. The van der Waals surface area contributed by atoms with Crippen molar-refractivity contribution in [1.82, 2.24) is 10.2 Å². The van der Waals surface area contributed by atoms with Crippen LogP contribution >= 0.6 is 12.4 Å². The van der Waals surface area contributed by atoms with Crippen molar-refractivity contribution in [3.8, 4) is 0 Å². The topological polar surface area (TPSA) is 32.3 Å². The van der Waals surface area contributed by atoms with E-state index in [4.69, 9.17) is 0 Å². The van der Waals surface area contributed by atoms with Crippen molar-refractivity contribution in [2.24, 2.45) is 5.92 Å². The molecule has 128 valence electrons. The van der Waals surface area contributed by atoms with Crippen molar-refractivity contribution in [3.63, 3.8) is 0 Å². The molecule has 1 aromatic rings. The average molecular weight is 341 g/mol. The highest BCUT2D eigenvalue weighted by molar-refractivity contribution is 5.85. The average Bonchev–Trinajstić information content (AvgIpc) is 3.38. The number of hydrogen-bond acceptors (Lipinski definition) is 2. The lowest BCUT2D eigenvalue weighted by Gasteiger charge is -2.26. The molecule has 0 unspecified atom stereocenters. The standard InChI is InChI=1S/C18H25FN2O.ClH/c19-16-4-1-15(2-5-16)13-21(17-6-7-17)18(22)8-3-14-9-11-20-12-10-14;/h1-2,4-5,14,17,20H,3,6-13H2;1H. The minimum absolute atomic E-state index is 0. The molecule has 23 heavy (non-hydrogen) atoms. The zero-order valence-electron chi connectivity index (χ0n) is 13.5. The number of benzene rings is 1. The molecule has 0 aromatic heterocycles. The fourth-order valence-corrected chi connectivity index (χ4v) is 3.24. The van der Waals surface area contributed by atoms with E-state index < -0.39 is 0 Å². The molecule has 0 spiro atoms. The molecule has 1 amide bonds. The molecule has 2 aliphatic rings. The lowest BCUT2D eigenvalue weighted by atomic mass is 9.93. The number of carbonyl (C=O) groups is 1. The summed E-state index contributed by atoms with van der Waals surface area (Å²) in [5.41, 5.74) is 1.02. The quantitative estimate of drug-likeness (QED) is 0.859. The van der Waals surface area contributed by atoms with Crippen molar-refractivity contribution >= 4 is 18.3 Å². The molecular weight excluding hydrogens is 315 g/mol. The van der Waals surface area contributed by atoms with Crippen LogP contribution in [-0.4, -0.2) is 29.9 Å². The Morgan fingerprint density at radius 2 is 1.78 bits per heavy atom. The van der Waals surface area contributed by atoms with Gasteiger partial charge in [0.1, 0.15) is 5.82 Å². The fraction of sp³-hybridized carbons (Fsp3) is 0.611. The van der Waals surface area contributed by atoms with E-state index in [-0.39, 0.29) is 24.1 Å². The minimum Gasteiger partial charge on any atom is -0.335 e. The van der Waals surface area contributed by atoms with Gasteiger partial charge < -0.3 is 10.2 Å². The van der Waals surface area contributed by atoms with Crippen LogP contribution in [0.15, 0.2) is 24.3 Å². The molecule has 1 saturated heterocycles. The van der Waals surface area contributed by atoms with Gasteiger partial charge in [0.15, 0.2) is 0 Å². The van der Waals surface area contributed by atoms with Gasteiger partial charge in [0.2, 0.25) is 5.91 Å². The summed E-state index contributed by atoms with van der Waals surface area (Å²) in [5, 5.41) is 3.36. The molecule has 3 nitrogen and oxygen atoms in total. The monoisotopic (exact) mass is 340 g/mol. The highest BCUT2D eigenvalue weighted by Gasteiger charge is 2.32. The van der Waals surface area contributed by atoms with E-state index in [1.54, 1.807) is 12.1 Å². The number of carbonyl (C=O) groups excluding carboxylic acids is 1. The van der Waals surface area contributed by atoms with Crippen LogP contribution in [0.3, 0.4) is 0 Å². The molecule has 2 fully saturated rings. The number of hydrogen-bond donors (Lipinski definition) is 1. The van der Waals surface area contributed by atoms with Gasteiger partial charge in [0, 0.05) is 19.0 Å². The normalized spacial score (nSPS) is 18.3. The second kappa shape index (κ2) is 8.65. The van der Waals surface area contributed by atoms with Gasteiger partial charge in [0.25, 0.3) is 0 Å². The van der Waals surface area contributed by atoms with E-state index in [0.717, 1.165) is 37.9 Å². The maximum Gasteiger partial charge on any atom is 0.223 e. The summed E-state index contributed by atoms with van der Waals surface area (Å²) in [6, 6.07) is 6.92. The molecule has 0 bridgehead atoms. The van der Waals surface area contributed by atoms with Gasteiger partial charge in [0.05, 0.1) is 0 Å². The van der Waals surface area contributed by atoms with Crippen molar-refractivity contribution in [2.75, 3.05) is 13.1 Å². The van der Waals surface area contributed by atoms with E-state index in [9.17, 15) is 9.18 Å². The van der Waals surface area contributed by atoms with E-state index in [0.29, 0.717) is 24.9 Å². The summed E-state index contributed by atoms with van der Waals surface area (Å²) in [5.74, 6) is 0.737. The number of nitrogens with zero attached hydrogens (tertiary/aromatic N) is 1. The first-order valence-electron chi connectivity index (χ1n) is 8.47. The third-order valence-electron chi connectivity index (χ3n) is 4.80. The highest BCUT2D eigenvalue weighted by atomic mass is 35.5. The zero-order chi connectivity index (χ0) is 15.4. The van der Waals surface area contributed by atoms with Gasteiger partial charge in [-0.15, -0.1) is 12.4 Å². The molecule has 1 aliphatic carbocycles. The van der Waals surface area contributed by atoms with E-state index >= 15 is 0 Å². The molecule has 1 aliphatic heterocycles. The Labute approximate surface area is 144 Å². The number of nitrogens with one attached hydrogen (secondary N) is 1. The zero-order valence-corrected chi connectivity index (χ0v) is 14.3. The molecule has 5 heteroatoms. The van der Waals surface area contributed by atoms with Crippen LogP contribution in [0.1, 0.15) is 44.1 Å². The van der Waals surface area contributed by atoms with Gasteiger partial charge in [-0.05, 0) is 68.8 Å². The SMILES string of the molecule is Cl.O=C(CCC1CCNCC1)N(Cc1ccc(F)cc1)C1CC1. The molecule has 1 N–H and O–H groups in total. The maximum absolute atomic E-state index is 13.0.